The third-order valence-electron chi connectivity index (χ3n) is 5.17. The molecule has 0 amide bonds. The Morgan fingerprint density at radius 1 is 1.21 bits per heavy atom. The number of piperidine rings is 1. The van der Waals surface area contributed by atoms with E-state index in [4.69, 9.17) is 11.6 Å². The number of aliphatic imine (C=N–C) groups is 1. The fourth-order valence-electron chi connectivity index (χ4n) is 3.65. The van der Waals surface area contributed by atoms with Gasteiger partial charge in [0.25, 0.3) is 0 Å². The number of aromatic nitrogens is 2. The highest BCUT2D eigenvalue weighted by Gasteiger charge is 2.20. The number of halogens is 1. The van der Waals surface area contributed by atoms with Crippen LogP contribution < -0.4 is 5.32 Å². The summed E-state index contributed by atoms with van der Waals surface area (Å²) in [5, 5.41) is 17.7. The van der Waals surface area contributed by atoms with Crippen LogP contribution in [0.15, 0.2) is 52.3 Å². The van der Waals surface area contributed by atoms with Crippen molar-refractivity contribution in [3.05, 3.63) is 47.3 Å². The lowest BCUT2D eigenvalue weighted by molar-refractivity contribution is -0.109. The highest BCUT2D eigenvalue weighted by molar-refractivity contribution is 6.52. The standard InChI is InChI=1S/C21H24ClN5O2/c22-15-13-16(19(29)14-18(15)28)24-20-17-7-2-5-12-27(17)25-21(20)23-8-6-11-26-9-3-1-4-10-26/h2,5,7,12-14,28H,1,3-4,6,8-11H2,(H,23,25). The molecule has 2 aromatic heterocycles. The first-order valence-corrected chi connectivity index (χ1v) is 10.3. The number of allylic oxidation sites excluding steroid dienone is 3. The van der Waals surface area contributed by atoms with Gasteiger partial charge in [-0.1, -0.05) is 24.1 Å². The Labute approximate surface area is 174 Å². The number of carbonyl (C=O) groups is 1. The van der Waals surface area contributed by atoms with Crippen LogP contribution in [-0.4, -0.2) is 57.3 Å². The van der Waals surface area contributed by atoms with Crippen LogP contribution in [0.4, 0.5) is 11.5 Å². The van der Waals surface area contributed by atoms with Crippen LogP contribution >= 0.6 is 11.6 Å². The van der Waals surface area contributed by atoms with Gasteiger partial charge in [-0.3, -0.25) is 4.79 Å². The maximum absolute atomic E-state index is 12.2. The number of nitrogens with zero attached hydrogens (tertiary/aromatic N) is 4. The number of nitrogens with one attached hydrogen (secondary N) is 1. The minimum atomic E-state index is -0.391. The van der Waals surface area contributed by atoms with Gasteiger partial charge in [-0.15, -0.1) is 5.10 Å². The van der Waals surface area contributed by atoms with Gasteiger partial charge < -0.3 is 15.3 Å². The Kier molecular flexibility index (Phi) is 5.97. The lowest BCUT2D eigenvalue weighted by Gasteiger charge is -2.26. The van der Waals surface area contributed by atoms with Gasteiger partial charge >= 0.3 is 0 Å². The molecular weight excluding hydrogens is 390 g/mol. The van der Waals surface area contributed by atoms with Gasteiger partial charge in [0.1, 0.15) is 17.2 Å². The van der Waals surface area contributed by atoms with Gasteiger partial charge in [0.05, 0.1) is 10.5 Å². The molecule has 0 radical (unpaired) electrons. The van der Waals surface area contributed by atoms with Gasteiger partial charge in [0, 0.05) is 18.8 Å². The van der Waals surface area contributed by atoms with Crippen molar-refractivity contribution in [1.82, 2.24) is 14.5 Å². The quantitative estimate of drug-likeness (QED) is 0.555. The summed E-state index contributed by atoms with van der Waals surface area (Å²) in [4.78, 5) is 19.3. The number of anilines is 1. The molecule has 1 aliphatic carbocycles. The van der Waals surface area contributed by atoms with E-state index in [2.05, 4.69) is 20.3 Å². The van der Waals surface area contributed by atoms with E-state index in [1.165, 1.54) is 38.4 Å². The van der Waals surface area contributed by atoms with Gasteiger partial charge in [0.15, 0.2) is 5.82 Å². The molecule has 3 heterocycles. The number of likely N-dealkylation sites (tertiary alicyclic amines) is 1. The highest BCUT2D eigenvalue weighted by atomic mass is 35.5. The lowest BCUT2D eigenvalue weighted by atomic mass is 10.1. The number of aliphatic hydroxyl groups excluding tert-OH is 1. The van der Waals surface area contributed by atoms with Crippen LogP contribution in [0.1, 0.15) is 25.7 Å². The molecule has 1 saturated heterocycles. The zero-order valence-electron chi connectivity index (χ0n) is 16.1. The molecule has 1 fully saturated rings. The van der Waals surface area contributed by atoms with E-state index in [1.807, 2.05) is 24.4 Å². The second kappa shape index (κ2) is 8.80. The molecule has 0 spiro atoms. The molecule has 1 aliphatic heterocycles. The molecule has 0 unspecified atom stereocenters. The van der Waals surface area contributed by atoms with E-state index in [1.54, 1.807) is 4.52 Å². The maximum Gasteiger partial charge on any atom is 0.207 e. The summed E-state index contributed by atoms with van der Waals surface area (Å²) in [5.41, 5.74) is 1.54. The number of hydrogen-bond acceptors (Lipinski definition) is 6. The summed E-state index contributed by atoms with van der Waals surface area (Å²) < 4.78 is 1.73. The molecule has 2 aromatic rings. The zero-order valence-corrected chi connectivity index (χ0v) is 16.9. The van der Waals surface area contributed by atoms with Gasteiger partial charge in [-0.25, -0.2) is 9.51 Å². The monoisotopic (exact) mass is 413 g/mol. The summed E-state index contributed by atoms with van der Waals surface area (Å²) in [5.74, 6) is -0.0109. The zero-order chi connectivity index (χ0) is 20.2. The summed E-state index contributed by atoms with van der Waals surface area (Å²) in [7, 11) is 0. The van der Waals surface area contributed by atoms with Crippen molar-refractivity contribution < 1.29 is 9.90 Å². The molecule has 0 atom stereocenters. The highest BCUT2D eigenvalue weighted by Crippen LogP contribution is 2.31. The van der Waals surface area contributed by atoms with Crippen LogP contribution in [0.3, 0.4) is 0 Å². The van der Waals surface area contributed by atoms with E-state index in [0.29, 0.717) is 11.5 Å². The molecule has 29 heavy (non-hydrogen) atoms. The van der Waals surface area contributed by atoms with Crippen molar-refractivity contribution in [1.29, 1.82) is 0 Å². The van der Waals surface area contributed by atoms with Crippen LogP contribution in [-0.2, 0) is 4.79 Å². The molecule has 0 bridgehead atoms. The van der Waals surface area contributed by atoms with Crippen molar-refractivity contribution in [2.45, 2.75) is 25.7 Å². The predicted octanol–water partition coefficient (Wildman–Crippen LogP) is 3.84. The minimum Gasteiger partial charge on any atom is -0.506 e. The second-order valence-corrected chi connectivity index (χ2v) is 7.70. The van der Waals surface area contributed by atoms with Gasteiger partial charge in [-0.2, -0.15) is 0 Å². The Hall–Kier alpha value is -2.64. The Morgan fingerprint density at radius 3 is 2.86 bits per heavy atom. The Morgan fingerprint density at radius 2 is 2.03 bits per heavy atom. The van der Waals surface area contributed by atoms with Crippen LogP contribution in [0, 0.1) is 0 Å². The largest absolute Gasteiger partial charge is 0.506 e. The van der Waals surface area contributed by atoms with Crippen molar-refractivity contribution >= 4 is 40.1 Å². The average molecular weight is 414 g/mol. The first kappa shape index (κ1) is 19.7. The molecule has 0 saturated carbocycles. The average Bonchev–Trinajstić information content (AvgIpc) is 3.07. The first-order valence-electron chi connectivity index (χ1n) is 9.96. The second-order valence-electron chi connectivity index (χ2n) is 7.29. The number of aliphatic hydroxyl groups is 1. The Balaban J connectivity index is 1.53. The molecule has 4 rings (SSSR count). The molecule has 8 heteroatoms. The van der Waals surface area contributed by atoms with E-state index in [0.717, 1.165) is 31.1 Å². The minimum absolute atomic E-state index is 0.0934. The number of hydrogen-bond donors (Lipinski definition) is 2. The van der Waals surface area contributed by atoms with Crippen LogP contribution in [0.5, 0.6) is 0 Å². The number of rotatable bonds is 6. The fraction of sp³-hybridized carbons (Fsp3) is 0.381. The molecule has 7 nitrogen and oxygen atoms in total. The number of carbonyl (C=O) groups excluding carboxylic acids is 1. The van der Waals surface area contributed by atoms with Crippen LogP contribution in [0.25, 0.3) is 5.52 Å². The van der Waals surface area contributed by atoms with E-state index < -0.39 is 5.78 Å². The topological polar surface area (TPSA) is 82.2 Å². The van der Waals surface area contributed by atoms with Gasteiger partial charge in [0.2, 0.25) is 5.78 Å². The van der Waals surface area contributed by atoms with Crippen LogP contribution in [0.2, 0.25) is 0 Å². The smallest absolute Gasteiger partial charge is 0.207 e. The third kappa shape index (κ3) is 4.52. The van der Waals surface area contributed by atoms with Gasteiger partial charge in [-0.05, 0) is 57.1 Å². The summed E-state index contributed by atoms with van der Waals surface area (Å²) in [6.45, 7) is 4.19. The molecule has 152 valence electrons. The molecule has 2 N–H and O–H groups in total. The Bertz CT molecular complexity index is 1000. The fourth-order valence-corrected chi connectivity index (χ4v) is 3.81. The maximum atomic E-state index is 12.2. The summed E-state index contributed by atoms with van der Waals surface area (Å²) in [6.07, 6.45) is 9.22. The number of ketones is 1. The molecule has 2 aliphatic rings. The number of pyridine rings is 1. The number of fused-ring (bicyclic) bond motifs is 1. The normalized spacial score (nSPS) is 19.5. The lowest BCUT2D eigenvalue weighted by Crippen LogP contribution is -2.31. The summed E-state index contributed by atoms with van der Waals surface area (Å²) in [6, 6.07) is 5.69. The van der Waals surface area contributed by atoms with Crippen molar-refractivity contribution in [3.63, 3.8) is 0 Å². The van der Waals surface area contributed by atoms with E-state index in [9.17, 15) is 9.90 Å². The predicted molar refractivity (Wildman–Crippen MR) is 115 cm³/mol. The van der Waals surface area contributed by atoms with Crippen molar-refractivity contribution in [2.24, 2.45) is 4.99 Å². The van der Waals surface area contributed by atoms with E-state index in [-0.39, 0.29) is 16.5 Å². The SMILES string of the molecule is O=C1C=C(O)C(Cl)=CC1=Nc1c(NCCCN2CCCCC2)nn2ccccc12. The van der Waals surface area contributed by atoms with Crippen molar-refractivity contribution in [2.75, 3.05) is 31.5 Å². The third-order valence-corrected chi connectivity index (χ3v) is 5.47. The molecular formula is C21H24ClN5O2. The first-order chi connectivity index (χ1) is 14.1. The molecule has 0 aromatic carbocycles. The van der Waals surface area contributed by atoms with E-state index >= 15 is 0 Å². The summed E-state index contributed by atoms with van der Waals surface area (Å²) >= 11 is 5.97. The van der Waals surface area contributed by atoms with Crippen molar-refractivity contribution in [3.8, 4) is 0 Å².